The Labute approximate surface area is 271 Å². The molecule has 2 aliphatic rings. The first kappa shape index (κ1) is 35.2. The molecule has 0 spiro atoms. The largest absolute Gasteiger partial charge is 0.497 e. The normalized spacial score (nSPS) is 21.8. The zero-order chi connectivity index (χ0) is 33.8. The average molecular weight is 636 g/mol. The zero-order valence-corrected chi connectivity index (χ0v) is 27.7. The summed E-state index contributed by atoms with van der Waals surface area (Å²) in [6, 6.07) is 10.5. The molecule has 1 fully saturated rings. The molecule has 0 unspecified atom stereocenters. The molecule has 0 saturated carbocycles. The van der Waals surface area contributed by atoms with Crippen LogP contribution < -0.4 is 14.8 Å². The quantitative estimate of drug-likeness (QED) is 0.191. The van der Waals surface area contributed by atoms with Gasteiger partial charge in [0.25, 0.3) is 0 Å². The van der Waals surface area contributed by atoms with Gasteiger partial charge in [-0.05, 0) is 67.5 Å². The number of ether oxygens (including phenoxy) is 6. The Morgan fingerprint density at radius 2 is 1.76 bits per heavy atom. The van der Waals surface area contributed by atoms with E-state index in [0.29, 0.717) is 17.0 Å². The summed E-state index contributed by atoms with van der Waals surface area (Å²) < 4.78 is 51.4. The predicted octanol–water partition coefficient (Wildman–Crippen LogP) is 7.34. The van der Waals surface area contributed by atoms with Gasteiger partial charge in [-0.1, -0.05) is 45.1 Å². The topological polar surface area (TPSA) is 102 Å². The monoisotopic (exact) mass is 635 g/mol. The van der Waals surface area contributed by atoms with Crippen LogP contribution in [0.4, 0.5) is 14.9 Å². The summed E-state index contributed by atoms with van der Waals surface area (Å²) >= 11 is 0. The van der Waals surface area contributed by atoms with E-state index in [1.54, 1.807) is 59.1 Å². The van der Waals surface area contributed by atoms with Crippen LogP contribution >= 0.6 is 0 Å². The van der Waals surface area contributed by atoms with Crippen molar-refractivity contribution >= 4 is 31.4 Å². The molecular weight excluding hydrogens is 592 g/mol. The molecule has 0 aliphatic carbocycles. The molecule has 2 aromatic rings. The molecule has 0 bridgehead atoms. The smallest absolute Gasteiger partial charge is 0.345 e. The van der Waals surface area contributed by atoms with Gasteiger partial charge in [0, 0.05) is 25.6 Å². The van der Waals surface area contributed by atoms with E-state index in [0.717, 1.165) is 5.56 Å². The van der Waals surface area contributed by atoms with Crippen LogP contribution in [0.15, 0.2) is 54.4 Å². The van der Waals surface area contributed by atoms with Crippen molar-refractivity contribution < 1.29 is 42.4 Å². The van der Waals surface area contributed by atoms with Crippen molar-refractivity contribution in [1.82, 2.24) is 0 Å². The molecule has 246 valence electrons. The molecule has 1 saturated heterocycles. The molecule has 4 rings (SSSR count). The van der Waals surface area contributed by atoms with Crippen molar-refractivity contribution in [1.29, 1.82) is 0 Å². The minimum absolute atomic E-state index is 0.0415. The van der Waals surface area contributed by atoms with Gasteiger partial charge in [-0.15, -0.1) is 0 Å². The van der Waals surface area contributed by atoms with Crippen LogP contribution in [0.3, 0.4) is 0 Å². The maximum absolute atomic E-state index is 16.1. The van der Waals surface area contributed by atoms with E-state index < -0.39 is 47.5 Å². The molecule has 2 heterocycles. The Bertz CT molecular complexity index is 1470. The fourth-order valence-electron chi connectivity index (χ4n) is 5.25. The van der Waals surface area contributed by atoms with Crippen LogP contribution in [0.1, 0.15) is 76.4 Å². The minimum Gasteiger partial charge on any atom is -0.497 e. The molecule has 1 amide bonds. The Kier molecular flexibility index (Phi) is 11.0. The summed E-state index contributed by atoms with van der Waals surface area (Å²) in [5.41, 5.74) is 1.81. The highest BCUT2D eigenvalue weighted by Crippen LogP contribution is 2.39. The highest BCUT2D eigenvalue weighted by molar-refractivity contribution is 6.60. The number of esters is 1. The summed E-state index contributed by atoms with van der Waals surface area (Å²) in [7, 11) is 6.94. The predicted molar refractivity (Wildman–Crippen MR) is 174 cm³/mol. The lowest BCUT2D eigenvalue weighted by molar-refractivity contribution is -0.158. The van der Waals surface area contributed by atoms with E-state index in [9.17, 15) is 9.59 Å². The molecule has 46 heavy (non-hydrogen) atoms. The second-order valence-corrected chi connectivity index (χ2v) is 12.8. The third kappa shape index (κ3) is 8.99. The Morgan fingerprint density at radius 1 is 1.07 bits per heavy atom. The SMILES string of the molecule is [B]C(=O)Nc1cc(/C=C/C[C@@H]2OC(C)(C)O[C@@H]2[C@H](OCc2ccc(OC)cc2)/C(F)=C\[C@@H](C)C(C)C)c2c(c1)OC(C)(C)OC2=O. The highest BCUT2D eigenvalue weighted by Gasteiger charge is 2.46. The number of anilines is 1. The number of carbonyl (C=O) groups excluding carboxylic acids is 2. The average Bonchev–Trinajstić information content (AvgIpc) is 3.25. The molecule has 9 nitrogen and oxygen atoms in total. The van der Waals surface area contributed by atoms with E-state index in [1.165, 1.54) is 6.07 Å². The summed E-state index contributed by atoms with van der Waals surface area (Å²) in [6.45, 7) is 12.9. The van der Waals surface area contributed by atoms with Crippen molar-refractivity contribution in [3.05, 3.63) is 71.1 Å². The summed E-state index contributed by atoms with van der Waals surface area (Å²) in [5.74, 6) is -2.86. The molecule has 11 heteroatoms. The molecule has 0 aromatic heterocycles. The molecule has 2 aliphatic heterocycles. The number of benzene rings is 2. The van der Waals surface area contributed by atoms with Crippen molar-refractivity contribution in [2.24, 2.45) is 11.8 Å². The standard InChI is InChI=1S/C35H43BFNO8/c1-20(2)21(3)16-26(37)30(42-19-22-12-14-25(41-8)15-13-22)31-27(43-34(4,5)45-31)11-9-10-23-17-24(38-33(36)40)18-28-29(23)32(39)46-35(6,7)44-28/h9-10,12-18,20-21,27,30-31H,11,19H2,1-8H3,(H,38,40)/b10-9+,26-16+/t21-,27+,30-,31+/m1/s1. The summed E-state index contributed by atoms with van der Waals surface area (Å²) in [6.07, 6.45) is 2.90. The van der Waals surface area contributed by atoms with E-state index in [2.05, 4.69) is 5.32 Å². The van der Waals surface area contributed by atoms with Crippen LogP contribution in [0.2, 0.25) is 0 Å². The molecule has 1 N–H and O–H groups in total. The van der Waals surface area contributed by atoms with Crippen LogP contribution in [0.25, 0.3) is 6.08 Å². The maximum atomic E-state index is 16.1. The summed E-state index contributed by atoms with van der Waals surface area (Å²) in [4.78, 5) is 24.6. The fraction of sp³-hybridized carbons (Fsp3) is 0.486. The van der Waals surface area contributed by atoms with Gasteiger partial charge in [0.15, 0.2) is 11.6 Å². The van der Waals surface area contributed by atoms with Gasteiger partial charge in [0.05, 0.1) is 19.8 Å². The third-order valence-corrected chi connectivity index (χ3v) is 7.82. The highest BCUT2D eigenvalue weighted by atomic mass is 19.1. The number of amides is 1. The first-order chi connectivity index (χ1) is 21.6. The number of hydrogen-bond acceptors (Lipinski definition) is 8. The number of rotatable bonds is 12. The van der Waals surface area contributed by atoms with Crippen LogP contribution in [-0.2, 0) is 25.6 Å². The second kappa shape index (κ2) is 14.4. The van der Waals surface area contributed by atoms with E-state index >= 15 is 4.39 Å². The molecule has 4 atom stereocenters. The number of fused-ring (bicyclic) bond motifs is 1. The van der Waals surface area contributed by atoms with Crippen molar-refractivity contribution in [3.8, 4) is 11.5 Å². The minimum atomic E-state index is -1.20. The van der Waals surface area contributed by atoms with E-state index in [4.69, 9.17) is 36.3 Å². The van der Waals surface area contributed by atoms with Crippen molar-refractivity contribution in [3.63, 3.8) is 0 Å². The lowest BCUT2D eigenvalue weighted by atomic mass is 9.95. The Morgan fingerprint density at radius 3 is 2.39 bits per heavy atom. The Hall–Kier alpha value is -3.67. The fourth-order valence-corrected chi connectivity index (χ4v) is 5.25. The van der Waals surface area contributed by atoms with Crippen LogP contribution in [0.5, 0.6) is 11.5 Å². The number of allylic oxidation sites excluding steroid dienone is 1. The van der Waals surface area contributed by atoms with Crippen molar-refractivity contribution in [2.75, 3.05) is 12.4 Å². The maximum Gasteiger partial charge on any atom is 0.345 e. The van der Waals surface area contributed by atoms with Gasteiger partial charge in [-0.25, -0.2) is 9.18 Å². The third-order valence-electron chi connectivity index (χ3n) is 7.82. The van der Waals surface area contributed by atoms with Crippen molar-refractivity contribution in [2.45, 2.75) is 91.4 Å². The van der Waals surface area contributed by atoms with Gasteiger partial charge in [0.2, 0.25) is 13.6 Å². The number of nitrogens with one attached hydrogen (secondary N) is 1. The number of hydrogen-bond donors (Lipinski definition) is 1. The van der Waals surface area contributed by atoms with Crippen LogP contribution in [0, 0.1) is 11.8 Å². The van der Waals surface area contributed by atoms with E-state index in [1.807, 2.05) is 45.0 Å². The molecule has 2 aromatic carbocycles. The number of methoxy groups -OCH3 is 1. The van der Waals surface area contributed by atoms with E-state index in [-0.39, 0.29) is 36.2 Å². The first-order valence-corrected chi connectivity index (χ1v) is 15.4. The lowest BCUT2D eigenvalue weighted by Gasteiger charge is -2.32. The van der Waals surface area contributed by atoms with Gasteiger partial charge < -0.3 is 33.7 Å². The second-order valence-electron chi connectivity index (χ2n) is 12.8. The van der Waals surface area contributed by atoms with Gasteiger partial charge in [-0.3, -0.25) is 4.79 Å². The van der Waals surface area contributed by atoms with Crippen LogP contribution in [-0.4, -0.2) is 56.6 Å². The number of carbonyl (C=O) groups is 2. The Balaban J connectivity index is 1.63. The molecular formula is C35H43BFNO8. The van der Waals surface area contributed by atoms with Gasteiger partial charge in [-0.2, -0.15) is 0 Å². The molecule has 2 radical (unpaired) electrons. The van der Waals surface area contributed by atoms with Gasteiger partial charge >= 0.3 is 5.97 Å². The first-order valence-electron chi connectivity index (χ1n) is 15.4. The van der Waals surface area contributed by atoms with Gasteiger partial charge in [0.1, 0.15) is 35.1 Å². The summed E-state index contributed by atoms with van der Waals surface area (Å²) in [5, 5.41) is 2.53. The number of halogens is 1. The zero-order valence-electron chi connectivity index (χ0n) is 27.7. The number of cyclic esters (lactones) is 1. The lowest BCUT2D eigenvalue weighted by Crippen LogP contribution is -2.39.